The van der Waals surface area contributed by atoms with Crippen LogP contribution in [-0.2, 0) is 39.9 Å². The molecule has 1 unspecified atom stereocenters. The smallest absolute Gasteiger partial charge is 0.311 e. The van der Waals surface area contributed by atoms with Gasteiger partial charge < -0.3 is 18.8 Å². The third-order valence-electron chi connectivity index (χ3n) is 7.96. The molecule has 9 heteroatoms. The van der Waals surface area contributed by atoms with E-state index in [1.165, 1.54) is 0 Å². The third-order valence-corrected chi connectivity index (χ3v) is 9.90. The van der Waals surface area contributed by atoms with Gasteiger partial charge in [0.2, 0.25) is 5.88 Å². The fourth-order valence-electron chi connectivity index (χ4n) is 5.43. The first-order valence-corrected chi connectivity index (χ1v) is 16.9. The minimum absolute atomic E-state index is 0.291. The molecule has 0 spiro atoms. The van der Waals surface area contributed by atoms with Gasteiger partial charge in [0.1, 0.15) is 12.4 Å². The van der Waals surface area contributed by atoms with Gasteiger partial charge in [0.25, 0.3) is 0 Å². The molecule has 1 atom stereocenters. The lowest BCUT2D eigenvalue weighted by atomic mass is 9.87. The minimum atomic E-state index is -1.41. The average Bonchev–Trinajstić information content (AvgIpc) is 3.34. The summed E-state index contributed by atoms with van der Waals surface area (Å²) in [7, 11) is 0.186. The summed E-state index contributed by atoms with van der Waals surface area (Å²) in [6, 6.07) is 23.8. The maximum absolute atomic E-state index is 14.4. The third kappa shape index (κ3) is 7.73. The topological polar surface area (TPSA) is 92.5 Å². The maximum Gasteiger partial charge on any atom is 0.311 e. The first-order chi connectivity index (χ1) is 22.4. The zero-order valence-electron chi connectivity index (χ0n) is 28.2. The number of benzene rings is 2. The standard InChI is InChI=1S/C38H43N3O5S/c1-8-45-36(42)38(5,6)22-33-35(47(43)37(2,3)4)31-21-30(46-25-29-11-9-10-20-39-29)17-18-32(31)41(33)24-26-12-14-27(15-13-26)28-16-19-34(44-7)40-23-28/h9-21,23H,8,22,24-25H2,1-7H3. The quantitative estimate of drug-likeness (QED) is 0.127. The van der Waals surface area contributed by atoms with Gasteiger partial charge in [-0.2, -0.15) is 0 Å². The molecule has 246 valence electrons. The van der Waals surface area contributed by atoms with Crippen molar-refractivity contribution in [1.29, 1.82) is 0 Å². The van der Waals surface area contributed by atoms with Gasteiger partial charge >= 0.3 is 5.97 Å². The first-order valence-electron chi connectivity index (χ1n) is 15.8. The number of methoxy groups -OCH3 is 1. The van der Waals surface area contributed by atoms with Crippen LogP contribution >= 0.6 is 0 Å². The van der Waals surface area contributed by atoms with Crippen LogP contribution in [0.2, 0.25) is 0 Å². The number of ether oxygens (including phenoxy) is 3. The van der Waals surface area contributed by atoms with Crippen molar-refractivity contribution < 1.29 is 23.2 Å². The second-order valence-electron chi connectivity index (χ2n) is 13.1. The van der Waals surface area contributed by atoms with Gasteiger partial charge in [-0.05, 0) is 89.1 Å². The van der Waals surface area contributed by atoms with Gasteiger partial charge in [-0.1, -0.05) is 30.3 Å². The van der Waals surface area contributed by atoms with E-state index in [0.29, 0.717) is 42.7 Å². The Morgan fingerprint density at radius 2 is 1.66 bits per heavy atom. The lowest BCUT2D eigenvalue weighted by Gasteiger charge is -2.26. The summed E-state index contributed by atoms with van der Waals surface area (Å²) >= 11 is 0. The SMILES string of the molecule is CCOC(=O)C(C)(C)Cc1c(S(=O)C(C)(C)C)c2cc(OCc3ccccn3)ccc2n1Cc1ccc(-c2ccc(OC)nc2)cc1. The summed E-state index contributed by atoms with van der Waals surface area (Å²) < 4.78 is 32.9. The summed E-state index contributed by atoms with van der Waals surface area (Å²) in [6.45, 7) is 12.6. The van der Waals surface area contributed by atoms with Crippen molar-refractivity contribution in [2.45, 2.75) is 70.8 Å². The predicted octanol–water partition coefficient (Wildman–Crippen LogP) is 7.77. The Morgan fingerprint density at radius 1 is 0.915 bits per heavy atom. The molecular weight excluding hydrogens is 611 g/mol. The van der Waals surface area contributed by atoms with Crippen molar-refractivity contribution in [3.8, 4) is 22.8 Å². The molecule has 5 rings (SSSR count). The molecule has 5 aromatic rings. The Balaban J connectivity index is 1.61. The number of rotatable bonds is 12. The number of nitrogens with zero attached hydrogens (tertiary/aromatic N) is 3. The highest BCUT2D eigenvalue weighted by Crippen LogP contribution is 2.39. The summed E-state index contributed by atoms with van der Waals surface area (Å²) in [4.78, 5) is 22.6. The van der Waals surface area contributed by atoms with Gasteiger partial charge in [0.05, 0.1) is 46.0 Å². The Bertz CT molecular complexity index is 1860. The molecule has 0 aliphatic rings. The van der Waals surface area contributed by atoms with E-state index in [0.717, 1.165) is 39.0 Å². The monoisotopic (exact) mass is 653 g/mol. The Morgan fingerprint density at radius 3 is 2.28 bits per heavy atom. The number of hydrogen-bond donors (Lipinski definition) is 0. The number of carbonyl (C=O) groups excluding carboxylic acids is 1. The minimum Gasteiger partial charge on any atom is -0.487 e. The number of aromatic nitrogens is 3. The maximum atomic E-state index is 14.4. The predicted molar refractivity (Wildman–Crippen MR) is 186 cm³/mol. The fraction of sp³-hybridized carbons (Fsp3) is 0.342. The number of carbonyl (C=O) groups is 1. The molecule has 0 saturated carbocycles. The van der Waals surface area contributed by atoms with Crippen LogP contribution in [0.5, 0.6) is 11.6 Å². The van der Waals surface area contributed by atoms with Crippen molar-refractivity contribution in [2.75, 3.05) is 13.7 Å². The molecule has 0 aliphatic carbocycles. The van der Waals surface area contributed by atoms with Crippen molar-refractivity contribution in [1.82, 2.24) is 14.5 Å². The van der Waals surface area contributed by atoms with E-state index in [2.05, 4.69) is 38.8 Å². The second-order valence-corrected chi connectivity index (χ2v) is 15.3. The van der Waals surface area contributed by atoms with E-state index < -0.39 is 21.0 Å². The van der Waals surface area contributed by atoms with Gasteiger partial charge in [-0.25, -0.2) is 4.98 Å². The van der Waals surface area contributed by atoms with Crippen LogP contribution in [0.15, 0.2) is 90.1 Å². The van der Waals surface area contributed by atoms with E-state index in [4.69, 9.17) is 14.2 Å². The molecule has 0 amide bonds. The van der Waals surface area contributed by atoms with E-state index >= 15 is 0 Å². The van der Waals surface area contributed by atoms with Crippen LogP contribution in [0.1, 0.15) is 58.5 Å². The first kappa shape index (κ1) is 33.9. The average molecular weight is 654 g/mol. The number of fused-ring (bicyclic) bond motifs is 1. The van der Waals surface area contributed by atoms with E-state index in [9.17, 15) is 9.00 Å². The molecule has 0 N–H and O–H groups in total. The van der Waals surface area contributed by atoms with Crippen LogP contribution in [-0.4, -0.2) is 43.2 Å². The van der Waals surface area contributed by atoms with E-state index in [1.54, 1.807) is 19.5 Å². The molecule has 0 fully saturated rings. The molecule has 0 aliphatic heterocycles. The highest BCUT2D eigenvalue weighted by atomic mass is 32.2. The number of esters is 1. The Hall–Kier alpha value is -4.50. The van der Waals surface area contributed by atoms with Gasteiger partial charge in [-0.3, -0.25) is 14.0 Å². The van der Waals surface area contributed by atoms with Gasteiger partial charge in [0, 0.05) is 52.8 Å². The molecule has 2 aromatic carbocycles. The van der Waals surface area contributed by atoms with Crippen LogP contribution in [0.25, 0.3) is 22.0 Å². The summed E-state index contributed by atoms with van der Waals surface area (Å²) in [6.07, 6.45) is 3.88. The molecule has 8 nitrogen and oxygen atoms in total. The molecule has 3 heterocycles. The van der Waals surface area contributed by atoms with Crippen LogP contribution in [0.3, 0.4) is 0 Å². The van der Waals surface area contributed by atoms with Crippen molar-refractivity contribution in [3.05, 3.63) is 102 Å². The van der Waals surface area contributed by atoms with Crippen LogP contribution in [0, 0.1) is 5.41 Å². The van der Waals surface area contributed by atoms with Crippen LogP contribution < -0.4 is 9.47 Å². The largest absolute Gasteiger partial charge is 0.487 e. The normalized spacial score (nSPS) is 12.6. The Kier molecular flexibility index (Phi) is 10.2. The Labute approximate surface area is 279 Å². The van der Waals surface area contributed by atoms with Crippen LogP contribution in [0.4, 0.5) is 0 Å². The number of hydrogen-bond acceptors (Lipinski definition) is 7. The lowest BCUT2D eigenvalue weighted by molar-refractivity contribution is -0.153. The number of pyridine rings is 2. The van der Waals surface area contributed by atoms with Crippen molar-refractivity contribution in [2.24, 2.45) is 5.41 Å². The molecule has 0 bridgehead atoms. The fourth-order valence-corrected chi connectivity index (χ4v) is 6.80. The summed E-state index contributed by atoms with van der Waals surface area (Å²) in [5.41, 5.74) is 4.80. The highest BCUT2D eigenvalue weighted by Gasteiger charge is 2.36. The lowest BCUT2D eigenvalue weighted by Crippen LogP contribution is -2.31. The summed E-state index contributed by atoms with van der Waals surface area (Å²) in [5, 5.41) is 0.840. The second kappa shape index (κ2) is 14.1. The molecular formula is C38H43N3O5S. The van der Waals surface area contributed by atoms with Crippen molar-refractivity contribution in [3.63, 3.8) is 0 Å². The highest BCUT2D eigenvalue weighted by molar-refractivity contribution is 7.86. The molecule has 47 heavy (non-hydrogen) atoms. The molecule has 0 radical (unpaired) electrons. The zero-order valence-corrected chi connectivity index (χ0v) is 29.0. The molecule has 3 aromatic heterocycles. The molecule has 0 saturated heterocycles. The zero-order chi connectivity index (χ0) is 33.8. The van der Waals surface area contributed by atoms with Gasteiger partial charge in [0.15, 0.2) is 0 Å². The summed E-state index contributed by atoms with van der Waals surface area (Å²) in [5.74, 6) is 0.930. The van der Waals surface area contributed by atoms with Crippen molar-refractivity contribution >= 4 is 27.7 Å². The van der Waals surface area contributed by atoms with E-state index in [1.807, 2.05) is 90.1 Å². The van der Waals surface area contributed by atoms with E-state index in [-0.39, 0.29) is 5.97 Å². The van der Waals surface area contributed by atoms with Gasteiger partial charge in [-0.15, -0.1) is 0 Å².